The van der Waals surface area contributed by atoms with Gasteiger partial charge in [0.15, 0.2) is 0 Å². The zero-order valence-corrected chi connectivity index (χ0v) is 15.8. The highest BCUT2D eigenvalue weighted by atomic mass is 32.1. The van der Waals surface area contributed by atoms with E-state index in [9.17, 15) is 4.79 Å². The maximum absolute atomic E-state index is 13.2. The average Bonchev–Trinajstić information content (AvgIpc) is 3.44. The summed E-state index contributed by atoms with van der Waals surface area (Å²) in [7, 11) is 0. The number of carbonyl (C=O) groups excluding carboxylic acids is 1. The first-order valence-electron chi connectivity index (χ1n) is 8.87. The van der Waals surface area contributed by atoms with E-state index in [1.165, 1.54) is 0 Å². The van der Waals surface area contributed by atoms with E-state index in [1.807, 2.05) is 55.1 Å². The number of hydrogen-bond donors (Lipinski definition) is 0. The molecule has 26 heavy (non-hydrogen) atoms. The van der Waals surface area contributed by atoms with E-state index in [-0.39, 0.29) is 5.91 Å². The van der Waals surface area contributed by atoms with Crippen LogP contribution in [0.3, 0.4) is 0 Å². The van der Waals surface area contributed by atoms with Crippen LogP contribution in [0.4, 0.5) is 0 Å². The lowest BCUT2D eigenvalue weighted by Crippen LogP contribution is -2.32. The van der Waals surface area contributed by atoms with Crippen LogP contribution in [0.2, 0.25) is 0 Å². The van der Waals surface area contributed by atoms with Gasteiger partial charge in [0, 0.05) is 17.8 Å². The van der Waals surface area contributed by atoms with Gasteiger partial charge < -0.3 is 4.90 Å². The monoisotopic (exact) mass is 363 g/mol. The minimum absolute atomic E-state index is 0.0823. The summed E-state index contributed by atoms with van der Waals surface area (Å²) in [6, 6.07) is 14.1. The fraction of sp³-hybridized carbons (Fsp3) is 0.286. The Morgan fingerprint density at radius 1 is 1.19 bits per heavy atom. The minimum Gasteiger partial charge on any atom is -0.330 e. The van der Waals surface area contributed by atoms with Gasteiger partial charge in [-0.3, -0.25) is 9.78 Å². The molecule has 2 aromatic heterocycles. The van der Waals surface area contributed by atoms with E-state index in [2.05, 4.69) is 16.0 Å². The van der Waals surface area contributed by atoms with Gasteiger partial charge in [-0.15, -0.1) is 11.3 Å². The van der Waals surface area contributed by atoms with E-state index >= 15 is 0 Å². The van der Waals surface area contributed by atoms with Crippen molar-refractivity contribution in [2.75, 3.05) is 0 Å². The molecule has 0 aliphatic heterocycles. The molecule has 1 aliphatic carbocycles. The molecular weight excluding hydrogens is 342 g/mol. The standard InChI is InChI=1S/C21H21N3OS/c1-14-20(26-15(2)23-14)16-6-5-7-17(12-16)21(25)24(19-9-10-19)13-18-8-3-4-11-22-18/h3-8,11-12,19H,9-10,13H2,1-2H3. The van der Waals surface area contributed by atoms with Gasteiger partial charge in [0.25, 0.3) is 5.91 Å². The Hall–Kier alpha value is -2.53. The number of aromatic nitrogens is 2. The molecule has 0 bridgehead atoms. The SMILES string of the molecule is Cc1nc(C)c(-c2cccc(C(=O)N(Cc3ccccn3)C3CC3)c2)s1. The molecule has 0 N–H and O–H groups in total. The lowest BCUT2D eigenvalue weighted by Gasteiger charge is -2.22. The molecular formula is C21H21N3OS. The fourth-order valence-corrected chi connectivity index (χ4v) is 4.09. The Bertz CT molecular complexity index is 931. The lowest BCUT2D eigenvalue weighted by atomic mass is 10.1. The van der Waals surface area contributed by atoms with Gasteiger partial charge in [-0.05, 0) is 56.5 Å². The van der Waals surface area contributed by atoms with Gasteiger partial charge in [0.05, 0.1) is 27.8 Å². The number of thiazole rings is 1. The summed E-state index contributed by atoms with van der Waals surface area (Å²) in [6.07, 6.45) is 3.93. The molecule has 1 aliphatic rings. The van der Waals surface area contributed by atoms with Crippen LogP contribution in [-0.4, -0.2) is 26.8 Å². The van der Waals surface area contributed by atoms with Gasteiger partial charge >= 0.3 is 0 Å². The first-order valence-corrected chi connectivity index (χ1v) is 9.69. The Morgan fingerprint density at radius 2 is 2.04 bits per heavy atom. The number of pyridine rings is 1. The zero-order valence-electron chi connectivity index (χ0n) is 15.0. The Morgan fingerprint density at radius 3 is 2.69 bits per heavy atom. The second-order valence-corrected chi connectivity index (χ2v) is 7.92. The van der Waals surface area contributed by atoms with Crippen LogP contribution >= 0.6 is 11.3 Å². The number of benzene rings is 1. The Balaban J connectivity index is 1.62. The zero-order chi connectivity index (χ0) is 18.1. The van der Waals surface area contributed by atoms with Crippen LogP contribution < -0.4 is 0 Å². The number of amides is 1. The molecule has 0 saturated heterocycles. The third-order valence-electron chi connectivity index (χ3n) is 4.58. The topological polar surface area (TPSA) is 46.1 Å². The van der Waals surface area contributed by atoms with Crippen molar-refractivity contribution in [3.8, 4) is 10.4 Å². The van der Waals surface area contributed by atoms with Gasteiger partial charge in [-0.25, -0.2) is 4.98 Å². The molecule has 1 amide bonds. The lowest BCUT2D eigenvalue weighted by molar-refractivity contribution is 0.0728. The van der Waals surface area contributed by atoms with Crippen molar-refractivity contribution < 1.29 is 4.79 Å². The van der Waals surface area contributed by atoms with E-state index < -0.39 is 0 Å². The summed E-state index contributed by atoms with van der Waals surface area (Å²) in [5.74, 6) is 0.0823. The first-order chi connectivity index (χ1) is 12.6. The Kier molecular flexibility index (Phi) is 4.55. The molecule has 2 heterocycles. The maximum atomic E-state index is 13.2. The number of carbonyl (C=O) groups is 1. The summed E-state index contributed by atoms with van der Waals surface area (Å²) in [5, 5.41) is 1.05. The average molecular weight is 363 g/mol. The fourth-order valence-electron chi connectivity index (χ4n) is 3.18. The third-order valence-corrected chi connectivity index (χ3v) is 5.70. The molecule has 132 valence electrons. The molecule has 1 saturated carbocycles. The van der Waals surface area contributed by atoms with Crippen molar-refractivity contribution >= 4 is 17.2 Å². The summed E-state index contributed by atoms with van der Waals surface area (Å²) < 4.78 is 0. The van der Waals surface area contributed by atoms with Crippen molar-refractivity contribution in [1.29, 1.82) is 0 Å². The highest BCUT2D eigenvalue weighted by Crippen LogP contribution is 2.32. The molecule has 0 spiro atoms. The predicted octanol–water partition coefficient (Wildman–Crippen LogP) is 4.63. The molecule has 0 unspecified atom stereocenters. The summed E-state index contributed by atoms with van der Waals surface area (Å²) in [6.45, 7) is 4.59. The number of aryl methyl sites for hydroxylation is 2. The molecule has 1 aromatic carbocycles. The largest absolute Gasteiger partial charge is 0.330 e. The molecule has 1 fully saturated rings. The molecule has 4 nitrogen and oxygen atoms in total. The molecule has 0 atom stereocenters. The van der Waals surface area contributed by atoms with Crippen LogP contribution in [0.25, 0.3) is 10.4 Å². The number of nitrogens with zero attached hydrogens (tertiary/aromatic N) is 3. The van der Waals surface area contributed by atoms with Crippen LogP contribution in [0, 0.1) is 13.8 Å². The van der Waals surface area contributed by atoms with Crippen molar-refractivity contribution in [3.63, 3.8) is 0 Å². The van der Waals surface area contributed by atoms with Crippen LogP contribution in [0.1, 0.15) is 39.6 Å². The van der Waals surface area contributed by atoms with Gasteiger partial charge in [0.1, 0.15) is 0 Å². The van der Waals surface area contributed by atoms with Gasteiger partial charge in [-0.2, -0.15) is 0 Å². The first kappa shape index (κ1) is 16.9. The van der Waals surface area contributed by atoms with E-state index in [1.54, 1.807) is 17.5 Å². The predicted molar refractivity (Wildman–Crippen MR) is 104 cm³/mol. The van der Waals surface area contributed by atoms with Crippen LogP contribution in [-0.2, 0) is 6.54 Å². The van der Waals surface area contributed by atoms with Gasteiger partial charge in [0.2, 0.25) is 0 Å². The highest BCUT2D eigenvalue weighted by molar-refractivity contribution is 7.15. The second kappa shape index (κ2) is 7.00. The Labute approximate surface area is 157 Å². The van der Waals surface area contributed by atoms with Gasteiger partial charge in [-0.1, -0.05) is 18.2 Å². The summed E-state index contributed by atoms with van der Waals surface area (Å²) >= 11 is 1.67. The van der Waals surface area contributed by atoms with Crippen molar-refractivity contribution in [3.05, 3.63) is 70.6 Å². The third kappa shape index (κ3) is 3.53. The number of rotatable bonds is 5. The maximum Gasteiger partial charge on any atom is 0.254 e. The highest BCUT2D eigenvalue weighted by Gasteiger charge is 2.33. The van der Waals surface area contributed by atoms with E-state index in [4.69, 9.17) is 0 Å². The van der Waals surface area contributed by atoms with E-state index in [0.29, 0.717) is 12.6 Å². The minimum atomic E-state index is 0.0823. The smallest absolute Gasteiger partial charge is 0.254 e. The molecule has 4 rings (SSSR count). The quantitative estimate of drug-likeness (QED) is 0.664. The summed E-state index contributed by atoms with van der Waals surface area (Å²) in [4.78, 5) is 25.2. The molecule has 0 radical (unpaired) electrons. The van der Waals surface area contributed by atoms with Crippen molar-refractivity contribution in [2.45, 2.75) is 39.3 Å². The molecule has 3 aromatic rings. The van der Waals surface area contributed by atoms with E-state index in [0.717, 1.165) is 45.2 Å². The normalized spacial score (nSPS) is 13.6. The van der Waals surface area contributed by atoms with Crippen molar-refractivity contribution in [2.24, 2.45) is 0 Å². The molecule has 5 heteroatoms. The number of hydrogen-bond acceptors (Lipinski definition) is 4. The van der Waals surface area contributed by atoms with Crippen LogP contribution in [0.15, 0.2) is 48.7 Å². The summed E-state index contributed by atoms with van der Waals surface area (Å²) in [5.41, 5.74) is 3.74. The van der Waals surface area contributed by atoms with Crippen LogP contribution in [0.5, 0.6) is 0 Å². The second-order valence-electron chi connectivity index (χ2n) is 6.71. The van der Waals surface area contributed by atoms with Crippen molar-refractivity contribution in [1.82, 2.24) is 14.9 Å².